The number of nitrogens with one attached hydrogen (secondary N) is 2. The molecule has 0 aliphatic carbocycles. The van der Waals surface area contributed by atoms with Crippen molar-refractivity contribution in [2.24, 2.45) is 0 Å². The maximum atomic E-state index is 12.2. The van der Waals surface area contributed by atoms with Crippen LogP contribution in [0.4, 0.5) is 5.69 Å². The number of thiocarbonyl (C=S) groups is 1. The number of carbonyl (C=O) groups excluding carboxylic acids is 1. The van der Waals surface area contributed by atoms with Crippen LogP contribution in [0.15, 0.2) is 42.5 Å². The van der Waals surface area contributed by atoms with Crippen molar-refractivity contribution in [3.05, 3.63) is 59.2 Å². The molecule has 0 heterocycles. The van der Waals surface area contributed by atoms with Crippen LogP contribution in [0.25, 0.3) is 0 Å². The van der Waals surface area contributed by atoms with Gasteiger partial charge in [-0.05, 0) is 55.9 Å². The Bertz CT molecular complexity index is 714. The molecular weight excluding hydrogens is 296 g/mol. The number of rotatable bonds is 3. The van der Waals surface area contributed by atoms with Crippen molar-refractivity contribution < 1.29 is 9.53 Å². The van der Waals surface area contributed by atoms with E-state index in [-0.39, 0.29) is 11.0 Å². The molecule has 4 nitrogen and oxygen atoms in total. The van der Waals surface area contributed by atoms with Gasteiger partial charge in [-0.3, -0.25) is 10.1 Å². The number of hydrogen-bond donors (Lipinski definition) is 2. The number of anilines is 1. The third kappa shape index (κ3) is 4.05. The summed E-state index contributed by atoms with van der Waals surface area (Å²) in [6.07, 6.45) is 0. The first kappa shape index (κ1) is 16.0. The summed E-state index contributed by atoms with van der Waals surface area (Å²) in [7, 11) is 1.56. The molecule has 2 aromatic carbocycles. The zero-order chi connectivity index (χ0) is 16.1. The average molecular weight is 314 g/mol. The summed E-state index contributed by atoms with van der Waals surface area (Å²) in [5.41, 5.74) is 3.61. The zero-order valence-electron chi connectivity index (χ0n) is 12.8. The molecule has 0 aromatic heterocycles. The molecule has 0 aliphatic heterocycles. The molecule has 0 saturated heterocycles. The first-order chi connectivity index (χ1) is 10.5. The largest absolute Gasteiger partial charge is 0.497 e. The van der Waals surface area contributed by atoms with E-state index in [9.17, 15) is 4.79 Å². The van der Waals surface area contributed by atoms with Crippen LogP contribution in [-0.2, 0) is 0 Å². The highest BCUT2D eigenvalue weighted by atomic mass is 32.1. The van der Waals surface area contributed by atoms with Gasteiger partial charge in [0.25, 0.3) is 5.91 Å². The van der Waals surface area contributed by atoms with Crippen molar-refractivity contribution in [3.63, 3.8) is 0 Å². The molecule has 5 heteroatoms. The molecule has 114 valence electrons. The smallest absolute Gasteiger partial charge is 0.257 e. The Morgan fingerprint density at radius 2 is 1.91 bits per heavy atom. The number of hydrogen-bond acceptors (Lipinski definition) is 3. The highest BCUT2D eigenvalue weighted by Gasteiger charge is 2.09. The van der Waals surface area contributed by atoms with Gasteiger partial charge in [-0.25, -0.2) is 0 Å². The van der Waals surface area contributed by atoms with Gasteiger partial charge >= 0.3 is 0 Å². The maximum absolute atomic E-state index is 12.2. The van der Waals surface area contributed by atoms with Gasteiger partial charge < -0.3 is 10.1 Å². The monoisotopic (exact) mass is 314 g/mol. The molecule has 0 spiro atoms. The van der Waals surface area contributed by atoms with Gasteiger partial charge in [0.05, 0.1) is 7.11 Å². The predicted molar refractivity (Wildman–Crippen MR) is 92.6 cm³/mol. The number of benzene rings is 2. The first-order valence-electron chi connectivity index (χ1n) is 6.83. The molecule has 2 rings (SSSR count). The molecule has 2 aromatic rings. The van der Waals surface area contributed by atoms with Crippen LogP contribution in [0.3, 0.4) is 0 Å². The number of ether oxygens (including phenoxy) is 1. The van der Waals surface area contributed by atoms with E-state index in [1.165, 1.54) is 5.56 Å². The van der Waals surface area contributed by atoms with Crippen molar-refractivity contribution in [3.8, 4) is 5.75 Å². The van der Waals surface area contributed by atoms with Crippen LogP contribution in [0.5, 0.6) is 5.75 Å². The normalized spacial score (nSPS) is 9.95. The van der Waals surface area contributed by atoms with Crippen molar-refractivity contribution >= 4 is 28.9 Å². The van der Waals surface area contributed by atoms with E-state index in [0.29, 0.717) is 11.3 Å². The molecule has 22 heavy (non-hydrogen) atoms. The fourth-order valence-electron chi connectivity index (χ4n) is 2.05. The van der Waals surface area contributed by atoms with Crippen LogP contribution >= 0.6 is 12.2 Å². The van der Waals surface area contributed by atoms with Crippen molar-refractivity contribution in [2.75, 3.05) is 12.4 Å². The second kappa shape index (κ2) is 7.04. The summed E-state index contributed by atoms with van der Waals surface area (Å²) in [5, 5.41) is 5.96. The van der Waals surface area contributed by atoms with Gasteiger partial charge in [-0.1, -0.05) is 23.8 Å². The summed E-state index contributed by atoms with van der Waals surface area (Å²) >= 11 is 5.19. The Balaban J connectivity index is 2.03. The van der Waals surface area contributed by atoms with E-state index in [1.807, 2.05) is 26.0 Å². The number of methoxy groups -OCH3 is 1. The minimum absolute atomic E-state index is 0.264. The van der Waals surface area contributed by atoms with Gasteiger partial charge in [0, 0.05) is 11.3 Å². The molecular formula is C17H18N2O2S. The van der Waals surface area contributed by atoms with Crippen LogP contribution in [0, 0.1) is 13.8 Å². The Morgan fingerprint density at radius 1 is 1.14 bits per heavy atom. The van der Waals surface area contributed by atoms with Crippen LogP contribution < -0.4 is 15.4 Å². The first-order valence-corrected chi connectivity index (χ1v) is 7.24. The Labute approximate surface area is 135 Å². The lowest BCUT2D eigenvalue weighted by molar-refractivity contribution is 0.0977. The van der Waals surface area contributed by atoms with E-state index >= 15 is 0 Å². The Morgan fingerprint density at radius 3 is 2.59 bits per heavy atom. The molecule has 0 unspecified atom stereocenters. The molecule has 0 fully saturated rings. The summed E-state index contributed by atoms with van der Waals surface area (Å²) in [6.45, 7) is 4.02. The van der Waals surface area contributed by atoms with E-state index < -0.39 is 0 Å². The number of carbonyl (C=O) groups is 1. The molecule has 0 saturated carbocycles. The van der Waals surface area contributed by atoms with E-state index in [2.05, 4.69) is 16.7 Å². The van der Waals surface area contributed by atoms with Crippen LogP contribution in [0.2, 0.25) is 0 Å². The second-order valence-corrected chi connectivity index (χ2v) is 5.37. The van der Waals surface area contributed by atoms with Crippen molar-refractivity contribution in [1.29, 1.82) is 0 Å². The standard InChI is InChI=1S/C17H18N2O2S/c1-11-7-8-15(12(2)9-11)18-17(22)19-16(20)13-5-4-6-14(10-13)21-3/h4-10H,1-3H3,(H2,18,19,20,22). The Hall–Kier alpha value is -2.40. The highest BCUT2D eigenvalue weighted by molar-refractivity contribution is 7.80. The van der Waals surface area contributed by atoms with E-state index in [4.69, 9.17) is 17.0 Å². The lowest BCUT2D eigenvalue weighted by atomic mass is 10.1. The lowest BCUT2D eigenvalue weighted by Gasteiger charge is -2.12. The molecule has 1 amide bonds. The number of amides is 1. The SMILES string of the molecule is COc1cccc(C(=O)NC(=S)Nc2ccc(C)cc2C)c1. The fraction of sp³-hybridized carbons (Fsp3) is 0.176. The Kier molecular flexibility index (Phi) is 5.12. The van der Waals surface area contributed by atoms with E-state index in [1.54, 1.807) is 31.4 Å². The molecule has 2 N–H and O–H groups in total. The number of aryl methyl sites for hydroxylation is 2. The molecule has 0 atom stereocenters. The summed E-state index contributed by atoms with van der Waals surface area (Å²) in [5.74, 6) is 0.349. The molecule has 0 radical (unpaired) electrons. The minimum atomic E-state index is -0.277. The van der Waals surface area contributed by atoms with Crippen molar-refractivity contribution in [2.45, 2.75) is 13.8 Å². The zero-order valence-corrected chi connectivity index (χ0v) is 13.6. The summed E-state index contributed by atoms with van der Waals surface area (Å²) in [6, 6.07) is 12.9. The van der Waals surface area contributed by atoms with E-state index in [0.717, 1.165) is 11.3 Å². The van der Waals surface area contributed by atoms with Crippen LogP contribution in [-0.4, -0.2) is 18.1 Å². The van der Waals surface area contributed by atoms with Gasteiger partial charge in [0.2, 0.25) is 0 Å². The quantitative estimate of drug-likeness (QED) is 0.852. The predicted octanol–water partition coefficient (Wildman–Crippen LogP) is 3.44. The second-order valence-electron chi connectivity index (χ2n) is 4.96. The summed E-state index contributed by atoms with van der Waals surface area (Å²) < 4.78 is 5.10. The third-order valence-corrected chi connectivity index (χ3v) is 3.39. The van der Waals surface area contributed by atoms with Crippen molar-refractivity contribution in [1.82, 2.24) is 5.32 Å². The van der Waals surface area contributed by atoms with Crippen LogP contribution in [0.1, 0.15) is 21.5 Å². The highest BCUT2D eigenvalue weighted by Crippen LogP contribution is 2.16. The van der Waals surface area contributed by atoms with Gasteiger partial charge in [0.15, 0.2) is 5.11 Å². The third-order valence-electron chi connectivity index (χ3n) is 3.19. The van der Waals surface area contributed by atoms with Gasteiger partial charge in [0.1, 0.15) is 5.75 Å². The minimum Gasteiger partial charge on any atom is -0.497 e. The lowest BCUT2D eigenvalue weighted by Crippen LogP contribution is -2.34. The maximum Gasteiger partial charge on any atom is 0.257 e. The fourth-order valence-corrected chi connectivity index (χ4v) is 2.25. The molecule has 0 aliphatic rings. The summed E-state index contributed by atoms with van der Waals surface area (Å²) in [4.78, 5) is 12.2. The topological polar surface area (TPSA) is 50.4 Å². The van der Waals surface area contributed by atoms with Gasteiger partial charge in [-0.2, -0.15) is 0 Å². The average Bonchev–Trinajstić information content (AvgIpc) is 2.50. The van der Waals surface area contributed by atoms with Gasteiger partial charge in [-0.15, -0.1) is 0 Å². The molecule has 0 bridgehead atoms.